The first-order valence-corrected chi connectivity index (χ1v) is 9.43. The van der Waals surface area contributed by atoms with Crippen molar-refractivity contribution in [2.24, 2.45) is 0 Å². The van der Waals surface area contributed by atoms with E-state index in [1.165, 1.54) is 0 Å². The second-order valence-electron chi connectivity index (χ2n) is 6.17. The molecule has 0 fully saturated rings. The molecule has 0 N–H and O–H groups in total. The molecule has 23 heteroatoms. The highest BCUT2D eigenvalue weighted by molar-refractivity contribution is 7.90. The number of sulfonamides is 1. The van der Waals surface area contributed by atoms with E-state index < -0.39 is 74.1 Å². The molecule has 0 atom stereocenters. The zero-order valence-electron chi connectivity index (χ0n) is 16.4. The molecule has 0 bridgehead atoms. The Morgan fingerprint density at radius 3 is 1.42 bits per heavy atom. The Hall–Kier alpha value is -2.07. The molecule has 5 nitrogen and oxygen atoms in total. The van der Waals surface area contributed by atoms with Crippen molar-refractivity contribution in [1.29, 1.82) is 0 Å². The van der Waals surface area contributed by atoms with E-state index in [0.717, 1.165) is 0 Å². The summed E-state index contributed by atoms with van der Waals surface area (Å²) in [7, 11) is -8.25. The number of carbonyl (C=O) groups is 1. The van der Waals surface area contributed by atoms with E-state index in [9.17, 15) is 87.8 Å². The molecule has 0 saturated carbocycles. The summed E-state index contributed by atoms with van der Waals surface area (Å²) in [5.41, 5.74) is 0. The molecule has 0 aliphatic heterocycles. The zero-order chi connectivity index (χ0) is 29.8. The monoisotopic (exact) mass is 597 g/mol. The molecule has 0 amide bonds. The number of ether oxygens (including phenoxy) is 1. The van der Waals surface area contributed by atoms with Gasteiger partial charge < -0.3 is 4.74 Å². The second-order valence-corrected chi connectivity index (χ2v) is 8.07. The van der Waals surface area contributed by atoms with Crippen molar-refractivity contribution in [1.82, 2.24) is 4.31 Å². The van der Waals surface area contributed by atoms with Crippen molar-refractivity contribution >= 4 is 16.0 Å². The van der Waals surface area contributed by atoms with Crippen LogP contribution in [0.4, 0.5) is 74.6 Å². The molecular weight excluding hydrogens is 589 g/mol. The predicted octanol–water partition coefficient (Wildman–Crippen LogP) is 5.25. The maximum absolute atomic E-state index is 14.1. The highest BCUT2D eigenvalue weighted by Gasteiger charge is 2.92. The number of nitrogens with zero attached hydrogens (tertiary/aromatic N) is 1. The Morgan fingerprint density at radius 1 is 0.750 bits per heavy atom. The first-order valence-electron chi connectivity index (χ1n) is 7.99. The standard InChI is InChI=1S/C13H8F17NO4S/c1-3-5(32)35-12(27,28)13(29,30)36(33,34)31(4-2)11(25,26)9(20,21)7(16,17)6(14,15)8(18,19)10(22,23)24/h3H,1,4H2,2H3. The van der Waals surface area contributed by atoms with Crippen LogP contribution < -0.4 is 0 Å². The maximum atomic E-state index is 14.1. The van der Waals surface area contributed by atoms with Crippen LogP contribution in [0, 0.1) is 0 Å². The summed E-state index contributed by atoms with van der Waals surface area (Å²) in [6.45, 7) is -0.633. The van der Waals surface area contributed by atoms with Crippen LogP contribution in [-0.2, 0) is 19.6 Å². The van der Waals surface area contributed by atoms with Gasteiger partial charge in [-0.15, -0.1) is 4.31 Å². The highest BCUT2D eigenvalue weighted by atomic mass is 32.2. The lowest BCUT2D eigenvalue weighted by Crippen LogP contribution is -2.73. The predicted molar refractivity (Wildman–Crippen MR) is 78.3 cm³/mol. The molecule has 0 saturated heterocycles. The number of carbonyl (C=O) groups excluding carboxylic acids is 1. The first-order chi connectivity index (χ1) is 15.4. The van der Waals surface area contributed by atoms with Gasteiger partial charge in [-0.25, -0.2) is 13.2 Å². The van der Waals surface area contributed by atoms with Crippen LogP contribution in [0.3, 0.4) is 0 Å². The second kappa shape index (κ2) is 9.04. The lowest BCUT2D eigenvalue weighted by molar-refractivity contribution is -0.447. The van der Waals surface area contributed by atoms with Crippen LogP contribution in [0.5, 0.6) is 0 Å². The smallest absolute Gasteiger partial charge is 0.392 e. The van der Waals surface area contributed by atoms with Gasteiger partial charge in [-0.2, -0.15) is 74.6 Å². The summed E-state index contributed by atoms with van der Waals surface area (Å²) in [5, 5.41) is -7.30. The van der Waals surface area contributed by atoms with Gasteiger partial charge in [0.15, 0.2) is 0 Å². The largest absolute Gasteiger partial charge is 0.484 e. The van der Waals surface area contributed by atoms with Gasteiger partial charge in [0.2, 0.25) is 0 Å². The lowest BCUT2D eigenvalue weighted by Gasteiger charge is -2.42. The first kappa shape index (κ1) is 33.9. The van der Waals surface area contributed by atoms with Gasteiger partial charge in [-0.1, -0.05) is 13.5 Å². The Labute approximate surface area is 187 Å². The van der Waals surface area contributed by atoms with Crippen molar-refractivity contribution in [3.8, 4) is 0 Å². The quantitative estimate of drug-likeness (QED) is 0.141. The molecule has 0 heterocycles. The SMILES string of the molecule is C=CC(=O)OC(F)(F)C(F)(F)S(=O)(=O)N(CC)C(F)(F)C(F)(F)C(F)(F)C(F)(F)C(F)(F)C(F)(F)F. The van der Waals surface area contributed by atoms with E-state index in [1.54, 1.807) is 0 Å². The molecule has 0 aromatic carbocycles. The van der Waals surface area contributed by atoms with Crippen molar-refractivity contribution in [2.75, 3.05) is 6.54 Å². The Balaban J connectivity index is 7.04. The molecule has 0 unspecified atom stereocenters. The third-order valence-corrected chi connectivity index (χ3v) is 5.82. The van der Waals surface area contributed by atoms with Crippen molar-refractivity contribution in [3.05, 3.63) is 12.7 Å². The molecule has 0 rings (SSSR count). The van der Waals surface area contributed by atoms with Gasteiger partial charge in [-0.05, 0) is 0 Å². The number of hydrogen-bond donors (Lipinski definition) is 0. The number of hydrogen-bond acceptors (Lipinski definition) is 4. The lowest BCUT2D eigenvalue weighted by atomic mass is 9.96. The van der Waals surface area contributed by atoms with Crippen LogP contribution in [-0.4, -0.2) is 72.5 Å². The summed E-state index contributed by atoms with van der Waals surface area (Å²) >= 11 is 0. The Bertz CT molecular complexity index is 956. The number of rotatable bonds is 11. The third kappa shape index (κ3) is 4.55. The number of alkyl halides is 17. The Morgan fingerprint density at radius 2 is 1.11 bits per heavy atom. The van der Waals surface area contributed by atoms with Crippen molar-refractivity contribution in [3.63, 3.8) is 0 Å². The van der Waals surface area contributed by atoms with E-state index in [-0.39, 0.29) is 13.0 Å². The maximum Gasteiger partial charge on any atom is 0.484 e. The van der Waals surface area contributed by atoms with E-state index in [4.69, 9.17) is 0 Å². The summed E-state index contributed by atoms with van der Waals surface area (Å²) in [6, 6.07) is -7.85. The summed E-state index contributed by atoms with van der Waals surface area (Å²) < 4.78 is 248. The average molecular weight is 597 g/mol. The van der Waals surface area contributed by atoms with Crippen LogP contribution in [0.1, 0.15) is 6.92 Å². The van der Waals surface area contributed by atoms with Gasteiger partial charge in [0, 0.05) is 12.6 Å². The molecule has 36 heavy (non-hydrogen) atoms. The van der Waals surface area contributed by atoms with Gasteiger partial charge in [-0.3, -0.25) is 0 Å². The van der Waals surface area contributed by atoms with Crippen LogP contribution >= 0.6 is 0 Å². The normalized spacial score (nSPS) is 15.8. The molecule has 0 aromatic rings. The molecule has 0 aliphatic rings. The van der Waals surface area contributed by atoms with Crippen LogP contribution in [0.25, 0.3) is 0 Å². The summed E-state index contributed by atoms with van der Waals surface area (Å²) in [4.78, 5) is 10.6. The minimum absolute atomic E-state index is 0.272. The van der Waals surface area contributed by atoms with Gasteiger partial charge in [0.1, 0.15) is 0 Å². The van der Waals surface area contributed by atoms with Crippen LogP contribution in [0.2, 0.25) is 0 Å². The average Bonchev–Trinajstić information content (AvgIpc) is 2.65. The van der Waals surface area contributed by atoms with E-state index in [2.05, 4.69) is 11.3 Å². The van der Waals surface area contributed by atoms with Crippen molar-refractivity contribution in [2.45, 2.75) is 54.2 Å². The molecular formula is C13H8F17NO4S. The van der Waals surface area contributed by atoms with Gasteiger partial charge >= 0.3 is 53.2 Å². The Kier molecular flexibility index (Phi) is 8.52. The fourth-order valence-corrected chi connectivity index (χ4v) is 3.33. The minimum atomic E-state index is -8.61. The van der Waals surface area contributed by atoms with E-state index in [1.807, 2.05) is 0 Å². The summed E-state index contributed by atoms with van der Waals surface area (Å²) in [5.74, 6) is -36.4. The molecule has 0 radical (unpaired) electrons. The fourth-order valence-electron chi connectivity index (χ4n) is 1.95. The van der Waals surface area contributed by atoms with Crippen LogP contribution in [0.15, 0.2) is 12.7 Å². The molecule has 0 aromatic heterocycles. The topological polar surface area (TPSA) is 63.7 Å². The number of esters is 1. The zero-order valence-corrected chi connectivity index (χ0v) is 17.2. The highest BCUT2D eigenvalue weighted by Crippen LogP contribution is 2.61. The fraction of sp³-hybridized carbons (Fsp3) is 0.769. The molecule has 214 valence electrons. The third-order valence-electron chi connectivity index (χ3n) is 3.87. The van der Waals surface area contributed by atoms with Crippen molar-refractivity contribution < 1.29 is 92.6 Å². The molecule has 0 aliphatic carbocycles. The van der Waals surface area contributed by atoms with E-state index >= 15 is 0 Å². The van der Waals surface area contributed by atoms with Gasteiger partial charge in [0.05, 0.1) is 0 Å². The number of halogens is 17. The molecule has 0 spiro atoms. The van der Waals surface area contributed by atoms with E-state index in [0.29, 0.717) is 0 Å². The minimum Gasteiger partial charge on any atom is -0.392 e. The van der Waals surface area contributed by atoms with Gasteiger partial charge in [0.25, 0.3) is 10.0 Å². The summed E-state index contributed by atoms with van der Waals surface area (Å²) in [6.07, 6.45) is -15.0.